The number of nitrogens with two attached hydrogens (primary N) is 1. The van der Waals surface area contributed by atoms with E-state index in [1.165, 1.54) is 0 Å². The molecule has 16 heavy (non-hydrogen) atoms. The molecule has 2 aromatic rings. The third-order valence-electron chi connectivity index (χ3n) is 2.25. The van der Waals surface area contributed by atoms with Gasteiger partial charge in [0.25, 0.3) is 0 Å². The fraction of sp³-hybridized carbons (Fsp3) is 0.300. The van der Waals surface area contributed by atoms with Gasteiger partial charge in [0.2, 0.25) is 11.9 Å². The maximum Gasteiger partial charge on any atom is 0.243 e. The first-order chi connectivity index (χ1) is 7.56. The molecule has 0 saturated heterocycles. The Morgan fingerprint density at radius 3 is 3.00 bits per heavy atom. The van der Waals surface area contributed by atoms with Crippen LogP contribution in [-0.4, -0.2) is 26.5 Å². The van der Waals surface area contributed by atoms with Crippen molar-refractivity contribution < 1.29 is 4.79 Å². The molecule has 84 valence electrons. The van der Waals surface area contributed by atoms with Crippen LogP contribution < -0.4 is 11.1 Å². The molecule has 2 rings (SSSR count). The molecule has 0 bridgehead atoms. The van der Waals surface area contributed by atoms with Crippen LogP contribution in [0.3, 0.4) is 0 Å². The number of hydrogen-bond donors (Lipinski definition) is 2. The summed E-state index contributed by atoms with van der Waals surface area (Å²) < 4.78 is 1.66. The molecule has 1 atom stereocenters. The van der Waals surface area contributed by atoms with Gasteiger partial charge >= 0.3 is 0 Å². The van der Waals surface area contributed by atoms with Gasteiger partial charge in [0.05, 0.1) is 0 Å². The van der Waals surface area contributed by atoms with Gasteiger partial charge in [-0.05, 0) is 25.5 Å². The minimum atomic E-state index is -0.487. The molecular weight excluding hydrogens is 206 g/mol. The van der Waals surface area contributed by atoms with Crippen LogP contribution in [0.2, 0.25) is 0 Å². The van der Waals surface area contributed by atoms with E-state index >= 15 is 0 Å². The molecule has 0 spiro atoms. The number of hydrogen-bond acceptors (Lipinski definition) is 4. The third-order valence-corrected chi connectivity index (χ3v) is 2.25. The molecule has 2 aromatic heterocycles. The van der Waals surface area contributed by atoms with E-state index in [0.29, 0.717) is 5.95 Å². The molecule has 1 unspecified atom stereocenters. The van der Waals surface area contributed by atoms with Crippen molar-refractivity contribution in [3.63, 3.8) is 0 Å². The summed E-state index contributed by atoms with van der Waals surface area (Å²) in [7, 11) is 0. The second-order valence-corrected chi connectivity index (χ2v) is 3.71. The first-order valence-electron chi connectivity index (χ1n) is 4.95. The van der Waals surface area contributed by atoms with Crippen LogP contribution in [0.15, 0.2) is 18.3 Å². The number of carbonyl (C=O) groups excluding carboxylic acids is 1. The summed E-state index contributed by atoms with van der Waals surface area (Å²) in [6.45, 7) is 3.64. The minimum Gasteiger partial charge on any atom is -0.368 e. The summed E-state index contributed by atoms with van der Waals surface area (Å²) in [5.41, 5.74) is 6.95. The number of nitrogens with one attached hydrogen (secondary N) is 1. The molecule has 2 heterocycles. The van der Waals surface area contributed by atoms with Crippen LogP contribution in [-0.2, 0) is 4.79 Å². The SMILES string of the molecule is Cc1ccc2nc(NC(C)C(N)=O)nn2c1. The van der Waals surface area contributed by atoms with Gasteiger partial charge in [0.15, 0.2) is 5.65 Å². The van der Waals surface area contributed by atoms with E-state index < -0.39 is 11.9 Å². The maximum absolute atomic E-state index is 10.9. The standard InChI is InChI=1S/C10H13N5O/c1-6-3-4-8-13-10(14-15(8)5-6)12-7(2)9(11)16/h3-5,7H,1-2H3,(H2,11,16)(H,12,14). The Labute approximate surface area is 92.5 Å². The Hall–Kier alpha value is -2.11. The van der Waals surface area contributed by atoms with Crippen molar-refractivity contribution in [2.45, 2.75) is 19.9 Å². The Morgan fingerprint density at radius 1 is 1.56 bits per heavy atom. The predicted octanol–water partition coefficient (Wildman–Crippen LogP) is 0.323. The normalized spacial score (nSPS) is 12.6. The largest absolute Gasteiger partial charge is 0.368 e. The smallest absolute Gasteiger partial charge is 0.243 e. The first kappa shape index (κ1) is 10.4. The summed E-state index contributed by atoms with van der Waals surface area (Å²) in [4.78, 5) is 15.1. The molecule has 3 N–H and O–H groups in total. The molecular formula is C10H13N5O. The lowest BCUT2D eigenvalue weighted by Crippen LogP contribution is -2.32. The van der Waals surface area contributed by atoms with Crippen molar-refractivity contribution >= 4 is 17.5 Å². The van der Waals surface area contributed by atoms with Gasteiger partial charge in [-0.2, -0.15) is 4.98 Å². The summed E-state index contributed by atoms with van der Waals surface area (Å²) in [6.07, 6.45) is 1.86. The summed E-state index contributed by atoms with van der Waals surface area (Å²) >= 11 is 0. The highest BCUT2D eigenvalue weighted by Crippen LogP contribution is 2.07. The van der Waals surface area contributed by atoms with Crippen molar-refractivity contribution in [1.29, 1.82) is 0 Å². The van der Waals surface area contributed by atoms with Crippen LogP contribution in [0.1, 0.15) is 12.5 Å². The number of aromatic nitrogens is 3. The summed E-state index contributed by atoms with van der Waals surface area (Å²) in [5, 5.41) is 7.02. The number of primary amides is 1. The summed E-state index contributed by atoms with van der Waals surface area (Å²) in [6, 6.07) is 3.33. The zero-order chi connectivity index (χ0) is 11.7. The van der Waals surface area contributed by atoms with Crippen LogP contribution in [0.5, 0.6) is 0 Å². The highest BCUT2D eigenvalue weighted by molar-refractivity contribution is 5.81. The molecule has 0 saturated carbocycles. The molecule has 6 nitrogen and oxygen atoms in total. The lowest BCUT2D eigenvalue weighted by atomic mass is 10.3. The van der Waals surface area contributed by atoms with Crippen molar-refractivity contribution in [3.05, 3.63) is 23.9 Å². The molecule has 0 radical (unpaired) electrons. The van der Waals surface area contributed by atoms with Gasteiger partial charge in [-0.15, -0.1) is 5.10 Å². The number of fused-ring (bicyclic) bond motifs is 1. The van der Waals surface area contributed by atoms with Gasteiger partial charge in [-0.25, -0.2) is 4.52 Å². The fourth-order valence-electron chi connectivity index (χ4n) is 1.31. The fourth-order valence-corrected chi connectivity index (χ4v) is 1.31. The second-order valence-electron chi connectivity index (χ2n) is 3.71. The highest BCUT2D eigenvalue weighted by atomic mass is 16.1. The zero-order valence-electron chi connectivity index (χ0n) is 9.14. The molecule has 0 aliphatic carbocycles. The van der Waals surface area contributed by atoms with E-state index in [0.717, 1.165) is 11.2 Å². The van der Waals surface area contributed by atoms with E-state index in [9.17, 15) is 4.79 Å². The van der Waals surface area contributed by atoms with Gasteiger partial charge in [0, 0.05) is 6.20 Å². The van der Waals surface area contributed by atoms with E-state index in [1.54, 1.807) is 11.4 Å². The van der Waals surface area contributed by atoms with Crippen molar-refractivity contribution in [2.75, 3.05) is 5.32 Å². The number of rotatable bonds is 3. The minimum absolute atomic E-state index is 0.400. The molecule has 0 aromatic carbocycles. The Bertz CT molecular complexity index is 533. The lowest BCUT2D eigenvalue weighted by Gasteiger charge is -2.06. The lowest BCUT2D eigenvalue weighted by molar-refractivity contribution is -0.118. The Morgan fingerprint density at radius 2 is 2.31 bits per heavy atom. The second kappa shape index (κ2) is 3.80. The van der Waals surface area contributed by atoms with E-state index in [-0.39, 0.29) is 0 Å². The van der Waals surface area contributed by atoms with E-state index in [4.69, 9.17) is 5.73 Å². The van der Waals surface area contributed by atoms with Crippen molar-refractivity contribution in [2.24, 2.45) is 5.73 Å². The third kappa shape index (κ3) is 1.95. The topological polar surface area (TPSA) is 85.3 Å². The number of nitrogens with zero attached hydrogens (tertiary/aromatic N) is 3. The number of carbonyl (C=O) groups is 1. The number of anilines is 1. The van der Waals surface area contributed by atoms with Crippen molar-refractivity contribution in [1.82, 2.24) is 14.6 Å². The van der Waals surface area contributed by atoms with Gasteiger partial charge < -0.3 is 11.1 Å². The van der Waals surface area contributed by atoms with E-state index in [1.807, 2.05) is 25.3 Å². The molecule has 0 aliphatic rings. The average molecular weight is 219 g/mol. The number of amides is 1. The number of pyridine rings is 1. The van der Waals surface area contributed by atoms with Gasteiger partial charge in [-0.1, -0.05) is 6.07 Å². The number of aryl methyl sites for hydroxylation is 1. The highest BCUT2D eigenvalue weighted by Gasteiger charge is 2.11. The molecule has 0 aliphatic heterocycles. The monoisotopic (exact) mass is 219 g/mol. The van der Waals surface area contributed by atoms with Gasteiger partial charge in [-0.3, -0.25) is 4.79 Å². The Balaban J connectivity index is 2.29. The molecule has 6 heteroatoms. The van der Waals surface area contributed by atoms with Crippen LogP contribution in [0.4, 0.5) is 5.95 Å². The molecule has 1 amide bonds. The average Bonchev–Trinajstić information content (AvgIpc) is 2.58. The predicted molar refractivity (Wildman–Crippen MR) is 60.0 cm³/mol. The quantitative estimate of drug-likeness (QED) is 0.778. The van der Waals surface area contributed by atoms with Crippen LogP contribution in [0.25, 0.3) is 5.65 Å². The van der Waals surface area contributed by atoms with Crippen LogP contribution >= 0.6 is 0 Å². The van der Waals surface area contributed by atoms with Gasteiger partial charge in [0.1, 0.15) is 6.04 Å². The van der Waals surface area contributed by atoms with E-state index in [2.05, 4.69) is 15.4 Å². The first-order valence-corrected chi connectivity index (χ1v) is 4.95. The van der Waals surface area contributed by atoms with Crippen molar-refractivity contribution in [3.8, 4) is 0 Å². The maximum atomic E-state index is 10.9. The molecule has 0 fully saturated rings. The van der Waals surface area contributed by atoms with Crippen LogP contribution in [0, 0.1) is 6.92 Å². The Kier molecular flexibility index (Phi) is 2.47. The zero-order valence-corrected chi connectivity index (χ0v) is 9.14. The summed E-state index contributed by atoms with van der Waals surface area (Å²) in [5.74, 6) is -0.0352.